The molecule has 2 aliphatic rings. The molecule has 5 rings (SSSR count). The monoisotopic (exact) mass is 457 g/mol. The zero-order chi connectivity index (χ0) is 23.1. The van der Waals surface area contributed by atoms with E-state index in [1.807, 2.05) is 31.2 Å². The molecule has 2 aromatic carbocycles. The van der Waals surface area contributed by atoms with E-state index in [0.29, 0.717) is 15.8 Å². The number of amides is 1. The normalized spacial score (nSPS) is 16.6. The predicted octanol–water partition coefficient (Wildman–Crippen LogP) is 4.83. The van der Waals surface area contributed by atoms with Crippen molar-refractivity contribution in [3.63, 3.8) is 0 Å². The number of hydrogen-bond donors (Lipinski definition) is 1. The first kappa shape index (κ1) is 20.6. The van der Waals surface area contributed by atoms with Crippen LogP contribution in [0.1, 0.15) is 16.9 Å². The fourth-order valence-corrected chi connectivity index (χ4v) is 4.26. The SMILES string of the molecule is Cc1ccc(C2=NN3C(=N)/C(=C/c4ccc(-c5ccccc5[N+](=O)[O-])o4)C(=O)N=C3S2)cc1. The van der Waals surface area contributed by atoms with Crippen molar-refractivity contribution in [2.75, 3.05) is 0 Å². The van der Waals surface area contributed by atoms with Crippen LogP contribution >= 0.6 is 11.8 Å². The van der Waals surface area contributed by atoms with Crippen molar-refractivity contribution < 1.29 is 14.1 Å². The van der Waals surface area contributed by atoms with E-state index in [1.165, 1.54) is 28.9 Å². The molecule has 2 aliphatic heterocycles. The van der Waals surface area contributed by atoms with Gasteiger partial charge >= 0.3 is 0 Å². The number of para-hydroxylation sites is 1. The molecule has 0 aliphatic carbocycles. The number of nitro groups is 1. The summed E-state index contributed by atoms with van der Waals surface area (Å²) in [6.45, 7) is 1.99. The molecule has 0 radical (unpaired) electrons. The summed E-state index contributed by atoms with van der Waals surface area (Å²) in [5.74, 6) is -0.153. The number of aliphatic imine (C=N–C) groups is 1. The average molecular weight is 457 g/mol. The van der Waals surface area contributed by atoms with Gasteiger partial charge in [0.15, 0.2) is 5.84 Å². The molecule has 0 unspecified atom stereocenters. The van der Waals surface area contributed by atoms with Crippen molar-refractivity contribution in [2.24, 2.45) is 10.1 Å². The van der Waals surface area contributed by atoms with Crippen LogP contribution in [0.25, 0.3) is 17.4 Å². The second kappa shape index (κ2) is 7.99. The molecule has 1 N–H and O–H groups in total. The fourth-order valence-electron chi connectivity index (χ4n) is 3.36. The number of carbonyl (C=O) groups is 1. The number of amidine groups is 2. The van der Waals surface area contributed by atoms with Crippen molar-refractivity contribution in [1.82, 2.24) is 5.01 Å². The molecule has 0 saturated carbocycles. The third kappa shape index (κ3) is 3.76. The minimum atomic E-state index is -0.581. The summed E-state index contributed by atoms with van der Waals surface area (Å²) in [7, 11) is 0. The highest BCUT2D eigenvalue weighted by atomic mass is 32.2. The average Bonchev–Trinajstić information content (AvgIpc) is 3.44. The lowest BCUT2D eigenvalue weighted by atomic mass is 10.1. The molecule has 1 amide bonds. The Morgan fingerprint density at radius 1 is 1.12 bits per heavy atom. The lowest BCUT2D eigenvalue weighted by molar-refractivity contribution is -0.384. The Bertz CT molecular complexity index is 1420. The van der Waals surface area contributed by atoms with Gasteiger partial charge in [-0.3, -0.25) is 20.3 Å². The third-order valence-corrected chi connectivity index (χ3v) is 5.99. The van der Waals surface area contributed by atoms with Crippen molar-refractivity contribution in [1.29, 1.82) is 5.41 Å². The van der Waals surface area contributed by atoms with E-state index in [9.17, 15) is 14.9 Å². The Morgan fingerprint density at radius 3 is 2.64 bits per heavy atom. The molecule has 1 aromatic heterocycles. The highest BCUT2D eigenvalue weighted by Gasteiger charge is 2.36. The number of fused-ring (bicyclic) bond motifs is 1. The Balaban J connectivity index is 1.45. The first-order chi connectivity index (χ1) is 15.9. The van der Waals surface area contributed by atoms with E-state index < -0.39 is 10.8 Å². The van der Waals surface area contributed by atoms with E-state index in [4.69, 9.17) is 9.83 Å². The lowest BCUT2D eigenvalue weighted by Gasteiger charge is -2.19. The molecule has 0 bridgehead atoms. The molecule has 3 aromatic rings. The van der Waals surface area contributed by atoms with Crippen LogP contribution in [-0.4, -0.2) is 31.9 Å². The van der Waals surface area contributed by atoms with Gasteiger partial charge in [-0.15, -0.1) is 0 Å². The second-order valence-electron chi connectivity index (χ2n) is 7.27. The quantitative estimate of drug-likeness (QED) is 0.340. The molecular formula is C23H15N5O4S. The van der Waals surface area contributed by atoms with Gasteiger partial charge < -0.3 is 4.42 Å². The Hall–Kier alpha value is -4.31. The molecule has 9 nitrogen and oxygen atoms in total. The molecule has 0 spiro atoms. The van der Waals surface area contributed by atoms with E-state index >= 15 is 0 Å². The van der Waals surface area contributed by atoms with Crippen LogP contribution in [0.5, 0.6) is 0 Å². The first-order valence-corrected chi connectivity index (χ1v) is 10.6. The Morgan fingerprint density at radius 2 is 1.88 bits per heavy atom. The van der Waals surface area contributed by atoms with Gasteiger partial charge in [-0.2, -0.15) is 15.1 Å². The number of carbonyl (C=O) groups excluding carboxylic acids is 1. The van der Waals surface area contributed by atoms with E-state index in [2.05, 4.69) is 10.1 Å². The van der Waals surface area contributed by atoms with Crippen LogP contribution < -0.4 is 0 Å². The lowest BCUT2D eigenvalue weighted by Crippen LogP contribution is -2.35. The largest absolute Gasteiger partial charge is 0.456 e. The minimum Gasteiger partial charge on any atom is -0.456 e. The van der Waals surface area contributed by atoms with Crippen molar-refractivity contribution in [3.8, 4) is 11.3 Å². The van der Waals surface area contributed by atoms with Crippen LogP contribution in [0.3, 0.4) is 0 Å². The van der Waals surface area contributed by atoms with E-state index in [1.54, 1.807) is 30.3 Å². The summed E-state index contributed by atoms with van der Waals surface area (Å²) in [4.78, 5) is 27.5. The van der Waals surface area contributed by atoms with Gasteiger partial charge in [0.25, 0.3) is 11.6 Å². The van der Waals surface area contributed by atoms with Crippen molar-refractivity contribution in [2.45, 2.75) is 6.92 Å². The maximum absolute atomic E-state index is 12.6. The highest BCUT2D eigenvalue weighted by Crippen LogP contribution is 2.33. The number of aryl methyl sites for hydroxylation is 1. The van der Waals surface area contributed by atoms with E-state index in [0.717, 1.165) is 11.1 Å². The number of hydrazone groups is 1. The number of nitro benzene ring substituents is 1. The zero-order valence-electron chi connectivity index (χ0n) is 17.2. The van der Waals surface area contributed by atoms with Gasteiger partial charge in [0, 0.05) is 11.6 Å². The minimum absolute atomic E-state index is 0.0108. The maximum Gasteiger partial charge on any atom is 0.283 e. The third-order valence-electron chi connectivity index (χ3n) is 5.03. The zero-order valence-corrected chi connectivity index (χ0v) is 18.0. The number of rotatable bonds is 4. The van der Waals surface area contributed by atoms with Gasteiger partial charge in [0.2, 0.25) is 5.17 Å². The van der Waals surface area contributed by atoms with Gasteiger partial charge in [0.05, 0.1) is 16.1 Å². The summed E-state index contributed by atoms with van der Waals surface area (Å²) in [5, 5.41) is 26.5. The van der Waals surface area contributed by atoms with Gasteiger partial charge in [-0.1, -0.05) is 42.0 Å². The van der Waals surface area contributed by atoms with Crippen LogP contribution in [-0.2, 0) is 4.79 Å². The first-order valence-electron chi connectivity index (χ1n) is 9.81. The van der Waals surface area contributed by atoms with Gasteiger partial charge in [-0.05, 0) is 43.0 Å². The molecule has 33 heavy (non-hydrogen) atoms. The summed E-state index contributed by atoms with van der Waals surface area (Å²) in [5.41, 5.74) is 2.23. The number of furan rings is 1. The number of hydrogen-bond acceptors (Lipinski definition) is 7. The van der Waals surface area contributed by atoms with Gasteiger partial charge in [-0.25, -0.2) is 0 Å². The number of nitrogens with one attached hydrogen (secondary N) is 1. The molecule has 162 valence electrons. The van der Waals surface area contributed by atoms with Crippen molar-refractivity contribution in [3.05, 3.63) is 93.2 Å². The predicted molar refractivity (Wildman–Crippen MR) is 126 cm³/mol. The van der Waals surface area contributed by atoms with Crippen LogP contribution in [0.4, 0.5) is 5.69 Å². The maximum atomic E-state index is 12.6. The number of nitrogens with zero attached hydrogens (tertiary/aromatic N) is 4. The highest BCUT2D eigenvalue weighted by molar-refractivity contribution is 8.27. The topological polar surface area (TPSA) is 125 Å². The van der Waals surface area contributed by atoms with Crippen LogP contribution in [0.2, 0.25) is 0 Å². The number of thioether (sulfide) groups is 1. The van der Waals surface area contributed by atoms with E-state index in [-0.39, 0.29) is 28.6 Å². The Kier molecular flexibility index (Phi) is 4.98. The number of benzene rings is 2. The molecular weight excluding hydrogens is 442 g/mol. The van der Waals surface area contributed by atoms with Crippen LogP contribution in [0, 0.1) is 22.4 Å². The summed E-state index contributed by atoms with van der Waals surface area (Å²) >= 11 is 1.22. The second-order valence-corrected chi connectivity index (χ2v) is 8.22. The fraction of sp³-hybridized carbons (Fsp3) is 0.0435. The molecule has 0 fully saturated rings. The summed E-state index contributed by atoms with van der Waals surface area (Å²) in [6, 6.07) is 17.2. The summed E-state index contributed by atoms with van der Waals surface area (Å²) < 4.78 is 5.74. The van der Waals surface area contributed by atoms with Crippen LogP contribution in [0.15, 0.2) is 80.7 Å². The summed E-state index contributed by atoms with van der Waals surface area (Å²) in [6.07, 6.45) is 1.40. The Labute approximate surface area is 191 Å². The smallest absolute Gasteiger partial charge is 0.283 e. The molecule has 3 heterocycles. The molecule has 10 heteroatoms. The van der Waals surface area contributed by atoms with Gasteiger partial charge in [0.1, 0.15) is 16.6 Å². The standard InChI is InChI=1S/C23H15N5O4S/c1-13-6-8-14(9-7-13)22-26-27-20(24)17(21(29)25-23(27)33-22)12-15-10-11-19(32-15)16-4-2-3-5-18(16)28(30)31/h2-12,24H,1H3/b17-12-,24-20?. The molecule has 0 saturated heterocycles. The molecule has 0 atom stereocenters. The van der Waals surface area contributed by atoms with Crippen molar-refractivity contribution >= 4 is 45.5 Å².